The lowest BCUT2D eigenvalue weighted by Gasteiger charge is -2.06. The summed E-state index contributed by atoms with van der Waals surface area (Å²) in [5.41, 5.74) is 9.05. The molecule has 0 fully saturated rings. The van der Waals surface area contributed by atoms with E-state index in [9.17, 15) is 0 Å². The molecule has 0 aromatic carbocycles. The summed E-state index contributed by atoms with van der Waals surface area (Å²) < 4.78 is 1.90. The van der Waals surface area contributed by atoms with E-state index in [-0.39, 0.29) is 0 Å². The predicted molar refractivity (Wildman–Crippen MR) is 55.8 cm³/mol. The van der Waals surface area contributed by atoms with Crippen molar-refractivity contribution < 1.29 is 0 Å². The molecule has 1 aromatic rings. The SMILES string of the molecule is CC(C)c1nn(C)c(C(C)C)c1N. The van der Waals surface area contributed by atoms with Crippen molar-refractivity contribution in [1.82, 2.24) is 9.78 Å². The second-order valence-corrected chi connectivity index (χ2v) is 4.12. The highest BCUT2D eigenvalue weighted by atomic mass is 15.3. The van der Waals surface area contributed by atoms with Crippen molar-refractivity contribution in [2.45, 2.75) is 39.5 Å². The molecule has 74 valence electrons. The number of aromatic nitrogens is 2. The number of anilines is 1. The van der Waals surface area contributed by atoms with E-state index in [1.54, 1.807) is 0 Å². The normalized spacial score (nSPS) is 11.6. The summed E-state index contributed by atoms with van der Waals surface area (Å²) in [5.74, 6) is 0.837. The van der Waals surface area contributed by atoms with Crippen LogP contribution in [0.15, 0.2) is 0 Å². The molecule has 0 aliphatic heterocycles. The summed E-state index contributed by atoms with van der Waals surface area (Å²) in [6.45, 7) is 8.50. The Balaban J connectivity index is 3.22. The topological polar surface area (TPSA) is 43.8 Å². The molecule has 3 heteroatoms. The zero-order valence-corrected chi connectivity index (χ0v) is 9.13. The number of nitrogens with zero attached hydrogens (tertiary/aromatic N) is 2. The molecule has 0 aliphatic rings. The van der Waals surface area contributed by atoms with Gasteiger partial charge in [0.2, 0.25) is 0 Å². The minimum Gasteiger partial charge on any atom is -0.396 e. The van der Waals surface area contributed by atoms with Crippen LogP contribution >= 0.6 is 0 Å². The molecule has 1 heterocycles. The van der Waals surface area contributed by atoms with Crippen LogP contribution in [0.3, 0.4) is 0 Å². The summed E-state index contributed by atoms with van der Waals surface area (Å²) in [6.07, 6.45) is 0. The van der Waals surface area contributed by atoms with Gasteiger partial charge < -0.3 is 5.73 Å². The molecule has 0 bridgehead atoms. The largest absolute Gasteiger partial charge is 0.396 e. The standard InChI is InChI=1S/C10H19N3/c1-6(2)9-8(11)10(7(3)4)13(5)12-9/h6-7H,11H2,1-5H3. The van der Waals surface area contributed by atoms with Crippen LogP contribution in [-0.4, -0.2) is 9.78 Å². The van der Waals surface area contributed by atoms with Gasteiger partial charge in [-0.05, 0) is 11.8 Å². The first-order valence-electron chi connectivity index (χ1n) is 4.77. The van der Waals surface area contributed by atoms with Crippen molar-refractivity contribution in [2.24, 2.45) is 7.05 Å². The molecule has 0 atom stereocenters. The van der Waals surface area contributed by atoms with Crippen LogP contribution < -0.4 is 5.73 Å². The van der Waals surface area contributed by atoms with Crippen molar-refractivity contribution in [3.63, 3.8) is 0 Å². The van der Waals surface area contributed by atoms with Crippen LogP contribution in [-0.2, 0) is 7.05 Å². The second-order valence-electron chi connectivity index (χ2n) is 4.12. The second kappa shape index (κ2) is 3.40. The van der Waals surface area contributed by atoms with E-state index in [4.69, 9.17) is 5.73 Å². The van der Waals surface area contributed by atoms with E-state index < -0.39 is 0 Å². The van der Waals surface area contributed by atoms with Crippen LogP contribution in [0.5, 0.6) is 0 Å². The van der Waals surface area contributed by atoms with E-state index in [0.29, 0.717) is 11.8 Å². The molecule has 0 unspecified atom stereocenters. The fourth-order valence-electron chi connectivity index (χ4n) is 1.69. The minimum atomic E-state index is 0.402. The molecule has 2 N–H and O–H groups in total. The Morgan fingerprint density at radius 3 is 1.92 bits per heavy atom. The fourth-order valence-corrected chi connectivity index (χ4v) is 1.69. The molecular weight excluding hydrogens is 162 g/mol. The molecule has 0 radical (unpaired) electrons. The van der Waals surface area contributed by atoms with Gasteiger partial charge in [-0.25, -0.2) is 0 Å². The predicted octanol–water partition coefficient (Wildman–Crippen LogP) is 2.25. The van der Waals surface area contributed by atoms with Gasteiger partial charge in [-0.15, -0.1) is 0 Å². The summed E-state index contributed by atoms with van der Waals surface area (Å²) in [7, 11) is 1.96. The molecule has 0 amide bonds. The highest BCUT2D eigenvalue weighted by Gasteiger charge is 2.17. The number of hydrogen-bond acceptors (Lipinski definition) is 2. The Kier molecular flexibility index (Phi) is 2.64. The van der Waals surface area contributed by atoms with E-state index in [1.165, 1.54) is 0 Å². The Morgan fingerprint density at radius 1 is 1.15 bits per heavy atom. The molecule has 0 aliphatic carbocycles. The Hall–Kier alpha value is -0.990. The van der Waals surface area contributed by atoms with Crippen molar-refractivity contribution in [2.75, 3.05) is 5.73 Å². The Labute approximate surface area is 79.9 Å². The average molecular weight is 181 g/mol. The summed E-state index contributed by atoms with van der Waals surface area (Å²) in [5, 5.41) is 4.42. The third-order valence-electron chi connectivity index (χ3n) is 2.25. The van der Waals surface area contributed by atoms with E-state index >= 15 is 0 Å². The molecule has 3 nitrogen and oxygen atoms in total. The van der Waals surface area contributed by atoms with Crippen molar-refractivity contribution in [3.05, 3.63) is 11.4 Å². The van der Waals surface area contributed by atoms with Crippen LogP contribution in [0.4, 0.5) is 5.69 Å². The van der Waals surface area contributed by atoms with Gasteiger partial charge in [-0.3, -0.25) is 4.68 Å². The maximum Gasteiger partial charge on any atom is 0.0882 e. The molecule has 1 rings (SSSR count). The summed E-state index contributed by atoms with van der Waals surface area (Å²) >= 11 is 0. The summed E-state index contributed by atoms with van der Waals surface area (Å²) in [6, 6.07) is 0. The van der Waals surface area contributed by atoms with Gasteiger partial charge in [0.05, 0.1) is 17.1 Å². The molecule has 0 saturated heterocycles. The molecule has 0 spiro atoms. The van der Waals surface area contributed by atoms with E-state index in [1.807, 2.05) is 11.7 Å². The number of nitrogen functional groups attached to an aromatic ring is 1. The van der Waals surface area contributed by atoms with Crippen LogP contribution in [0.2, 0.25) is 0 Å². The fraction of sp³-hybridized carbons (Fsp3) is 0.700. The lowest BCUT2D eigenvalue weighted by Crippen LogP contribution is -2.02. The maximum absolute atomic E-state index is 6.02. The van der Waals surface area contributed by atoms with Gasteiger partial charge in [-0.1, -0.05) is 27.7 Å². The third kappa shape index (κ3) is 1.69. The van der Waals surface area contributed by atoms with Gasteiger partial charge in [0, 0.05) is 7.05 Å². The summed E-state index contributed by atoms with van der Waals surface area (Å²) in [4.78, 5) is 0. The van der Waals surface area contributed by atoms with Gasteiger partial charge in [0.25, 0.3) is 0 Å². The quantitative estimate of drug-likeness (QED) is 0.760. The number of hydrogen-bond donors (Lipinski definition) is 1. The zero-order valence-electron chi connectivity index (χ0n) is 9.13. The molecule has 1 aromatic heterocycles. The third-order valence-corrected chi connectivity index (χ3v) is 2.25. The van der Waals surface area contributed by atoms with Crippen molar-refractivity contribution in [3.8, 4) is 0 Å². The number of aryl methyl sites for hydroxylation is 1. The molecular formula is C10H19N3. The van der Waals surface area contributed by atoms with Gasteiger partial charge in [0.1, 0.15) is 0 Å². The van der Waals surface area contributed by atoms with Gasteiger partial charge >= 0.3 is 0 Å². The van der Waals surface area contributed by atoms with Gasteiger partial charge in [-0.2, -0.15) is 5.10 Å². The highest BCUT2D eigenvalue weighted by Crippen LogP contribution is 2.28. The first-order chi connectivity index (χ1) is 5.95. The number of nitrogens with two attached hydrogens (primary N) is 1. The molecule has 13 heavy (non-hydrogen) atoms. The van der Waals surface area contributed by atoms with E-state index in [0.717, 1.165) is 17.1 Å². The lowest BCUT2D eigenvalue weighted by molar-refractivity contribution is 0.653. The average Bonchev–Trinajstić information content (AvgIpc) is 2.26. The monoisotopic (exact) mass is 181 g/mol. The number of rotatable bonds is 2. The zero-order chi connectivity index (χ0) is 10.2. The van der Waals surface area contributed by atoms with Crippen LogP contribution in [0.1, 0.15) is 50.9 Å². The maximum atomic E-state index is 6.02. The van der Waals surface area contributed by atoms with Crippen LogP contribution in [0.25, 0.3) is 0 Å². The van der Waals surface area contributed by atoms with Gasteiger partial charge in [0.15, 0.2) is 0 Å². The minimum absolute atomic E-state index is 0.402. The lowest BCUT2D eigenvalue weighted by atomic mass is 10.0. The van der Waals surface area contributed by atoms with Crippen molar-refractivity contribution in [1.29, 1.82) is 0 Å². The smallest absolute Gasteiger partial charge is 0.0882 e. The Bertz CT molecular complexity index is 297. The molecule has 0 saturated carbocycles. The first kappa shape index (κ1) is 10.1. The first-order valence-corrected chi connectivity index (χ1v) is 4.77. The van der Waals surface area contributed by atoms with E-state index in [2.05, 4.69) is 32.8 Å². The highest BCUT2D eigenvalue weighted by molar-refractivity contribution is 5.50. The van der Waals surface area contributed by atoms with Crippen molar-refractivity contribution >= 4 is 5.69 Å². The Morgan fingerprint density at radius 2 is 1.69 bits per heavy atom. The van der Waals surface area contributed by atoms with Crippen LogP contribution in [0, 0.1) is 0 Å².